The van der Waals surface area contributed by atoms with E-state index in [0.29, 0.717) is 57.5 Å². The van der Waals surface area contributed by atoms with E-state index in [9.17, 15) is 35.9 Å². The van der Waals surface area contributed by atoms with Gasteiger partial charge in [-0.25, -0.2) is 0 Å². The number of carbonyl (C=O) groups excluding carboxylic acids is 2. The molecule has 0 saturated carbocycles. The standard InChI is InChI=1S/2C18H22F3N3O2S/c2*1-11-15(22-26-16(11)18(19,20)21)13-6-7-14(27-13)17(25)24-8-4-5-12(10-24)9-23(2)3/h2*6-7,12H,4-5,8-10H2,1-3H3/t2*12-/m10/s1. The van der Waals surface area contributed by atoms with Gasteiger partial charge in [0.15, 0.2) is 0 Å². The zero-order chi connectivity index (χ0) is 39.5. The fourth-order valence-corrected chi connectivity index (χ4v) is 8.99. The molecule has 4 aromatic heterocycles. The van der Waals surface area contributed by atoms with E-state index >= 15 is 0 Å². The van der Waals surface area contributed by atoms with Crippen molar-refractivity contribution in [3.05, 3.63) is 56.7 Å². The van der Waals surface area contributed by atoms with Gasteiger partial charge < -0.3 is 28.6 Å². The van der Waals surface area contributed by atoms with Gasteiger partial charge in [-0.15, -0.1) is 22.7 Å². The molecule has 0 aromatic carbocycles. The molecule has 2 saturated heterocycles. The summed E-state index contributed by atoms with van der Waals surface area (Å²) in [5, 5.41) is 7.13. The first-order valence-corrected chi connectivity index (χ1v) is 19.1. The molecule has 0 aliphatic carbocycles. The third-order valence-electron chi connectivity index (χ3n) is 9.32. The Bertz CT molecular complexity index is 1760. The van der Waals surface area contributed by atoms with Crippen molar-refractivity contribution < 1.29 is 45.0 Å². The number of carbonyl (C=O) groups is 2. The summed E-state index contributed by atoms with van der Waals surface area (Å²) in [7, 11) is 8.06. The molecule has 0 unspecified atom stereocenters. The Morgan fingerprint density at radius 1 is 0.704 bits per heavy atom. The Morgan fingerprint density at radius 2 is 1.07 bits per heavy atom. The van der Waals surface area contributed by atoms with Gasteiger partial charge in [0.1, 0.15) is 11.4 Å². The number of piperidine rings is 2. The molecule has 2 fully saturated rings. The maximum Gasteiger partial charge on any atom is 0.452 e. The maximum atomic E-state index is 12.9. The van der Waals surface area contributed by atoms with E-state index in [-0.39, 0.29) is 34.3 Å². The first kappa shape index (κ1) is 41.4. The number of thiophene rings is 2. The lowest BCUT2D eigenvalue weighted by Gasteiger charge is -2.33. The Labute approximate surface area is 317 Å². The van der Waals surface area contributed by atoms with Crippen LogP contribution in [0.4, 0.5) is 26.3 Å². The second kappa shape index (κ2) is 17.0. The molecule has 10 nitrogen and oxygen atoms in total. The summed E-state index contributed by atoms with van der Waals surface area (Å²) < 4.78 is 86.3. The summed E-state index contributed by atoms with van der Waals surface area (Å²) in [4.78, 5) is 35.6. The highest BCUT2D eigenvalue weighted by atomic mass is 32.1. The minimum absolute atomic E-state index is 0.0626. The van der Waals surface area contributed by atoms with Crippen LogP contribution in [-0.2, 0) is 12.4 Å². The predicted molar refractivity (Wildman–Crippen MR) is 193 cm³/mol. The van der Waals surface area contributed by atoms with Crippen molar-refractivity contribution in [1.29, 1.82) is 0 Å². The second-order valence-corrected chi connectivity index (χ2v) is 16.5. The summed E-state index contributed by atoms with van der Waals surface area (Å²) >= 11 is 2.30. The van der Waals surface area contributed by atoms with Crippen LogP contribution in [0.3, 0.4) is 0 Å². The van der Waals surface area contributed by atoms with Crippen molar-refractivity contribution in [2.75, 3.05) is 67.5 Å². The van der Waals surface area contributed by atoms with Crippen LogP contribution < -0.4 is 0 Å². The minimum Gasteiger partial charge on any atom is -0.351 e. The van der Waals surface area contributed by atoms with Gasteiger partial charge in [-0.3, -0.25) is 9.59 Å². The lowest BCUT2D eigenvalue weighted by molar-refractivity contribution is -0.156. The van der Waals surface area contributed by atoms with Crippen molar-refractivity contribution in [1.82, 2.24) is 29.9 Å². The first-order valence-electron chi connectivity index (χ1n) is 17.5. The Kier molecular flexibility index (Phi) is 13.0. The van der Waals surface area contributed by atoms with E-state index in [1.54, 1.807) is 24.3 Å². The summed E-state index contributed by atoms with van der Waals surface area (Å²) in [6, 6.07) is 6.56. The lowest BCUT2D eigenvalue weighted by Crippen LogP contribution is -2.42. The highest BCUT2D eigenvalue weighted by molar-refractivity contribution is 7.17. The number of aromatic nitrogens is 2. The number of nitrogens with zero attached hydrogens (tertiary/aromatic N) is 6. The van der Waals surface area contributed by atoms with E-state index in [0.717, 1.165) is 61.4 Å². The topological polar surface area (TPSA) is 99.2 Å². The molecule has 2 atom stereocenters. The number of rotatable bonds is 8. The number of hydrogen-bond donors (Lipinski definition) is 0. The highest BCUT2D eigenvalue weighted by Crippen LogP contribution is 2.40. The fraction of sp³-hybridized carbons (Fsp3) is 0.556. The number of hydrogen-bond acceptors (Lipinski definition) is 10. The highest BCUT2D eigenvalue weighted by Gasteiger charge is 2.40. The number of halogens is 6. The van der Waals surface area contributed by atoms with Gasteiger partial charge in [0.25, 0.3) is 11.8 Å². The Morgan fingerprint density at radius 3 is 1.39 bits per heavy atom. The van der Waals surface area contributed by atoms with Gasteiger partial charge in [0.05, 0.1) is 19.5 Å². The van der Waals surface area contributed by atoms with Crippen LogP contribution in [0.15, 0.2) is 33.3 Å². The summed E-state index contributed by atoms with van der Waals surface area (Å²) in [5.41, 5.74) is 0.144. The molecule has 4 aromatic rings. The molecular formula is C36H44F6N6O4S2. The van der Waals surface area contributed by atoms with Crippen LogP contribution in [0.1, 0.15) is 67.7 Å². The molecule has 296 valence electrons. The SMILES string of the molecule is Cc1c(-c2ccc(C(=O)N3CCC[C@@H](CN(C)C)C3)s2)noc1C(F)(F)F.Cc1c(-c2ccc(C(=O)N3CCC[C@H](CN(C)C)C3)s2)noc1C(F)(F)F. The van der Waals surface area contributed by atoms with Gasteiger partial charge in [0.2, 0.25) is 11.5 Å². The average Bonchev–Trinajstić information content (AvgIpc) is 3.90. The predicted octanol–water partition coefficient (Wildman–Crippen LogP) is 8.29. The monoisotopic (exact) mass is 802 g/mol. The lowest BCUT2D eigenvalue weighted by atomic mass is 9.97. The van der Waals surface area contributed by atoms with E-state index in [1.807, 2.05) is 38.0 Å². The molecule has 0 radical (unpaired) electrons. The molecular weight excluding hydrogens is 759 g/mol. The van der Waals surface area contributed by atoms with Crippen molar-refractivity contribution >= 4 is 34.5 Å². The van der Waals surface area contributed by atoms with E-state index in [2.05, 4.69) is 29.2 Å². The van der Waals surface area contributed by atoms with Gasteiger partial charge in [-0.2, -0.15) is 26.3 Å². The van der Waals surface area contributed by atoms with Crippen molar-refractivity contribution in [2.24, 2.45) is 11.8 Å². The zero-order valence-electron chi connectivity index (χ0n) is 30.9. The molecule has 0 bridgehead atoms. The second-order valence-electron chi connectivity index (χ2n) is 14.3. The van der Waals surface area contributed by atoms with Gasteiger partial charge in [-0.05, 0) is 104 Å². The number of amides is 2. The van der Waals surface area contributed by atoms with Gasteiger partial charge >= 0.3 is 12.4 Å². The van der Waals surface area contributed by atoms with Crippen molar-refractivity contribution in [3.8, 4) is 21.1 Å². The van der Waals surface area contributed by atoms with Crippen LogP contribution in [0, 0.1) is 25.7 Å². The number of likely N-dealkylation sites (tertiary alicyclic amines) is 2. The van der Waals surface area contributed by atoms with E-state index in [4.69, 9.17) is 0 Å². The fourth-order valence-electron chi connectivity index (χ4n) is 6.96. The molecule has 18 heteroatoms. The van der Waals surface area contributed by atoms with Crippen LogP contribution in [0.2, 0.25) is 0 Å². The average molecular weight is 803 g/mol. The molecule has 0 N–H and O–H groups in total. The summed E-state index contributed by atoms with van der Waals surface area (Å²) in [5.74, 6) is -1.48. The Hall–Kier alpha value is -3.74. The number of alkyl halides is 6. The molecule has 2 amide bonds. The molecule has 54 heavy (non-hydrogen) atoms. The van der Waals surface area contributed by atoms with Gasteiger partial charge in [0, 0.05) is 50.4 Å². The van der Waals surface area contributed by atoms with E-state index in [1.165, 1.54) is 13.8 Å². The smallest absolute Gasteiger partial charge is 0.351 e. The third-order valence-corrected chi connectivity index (χ3v) is 11.5. The molecule has 2 aliphatic rings. The molecule has 6 heterocycles. The summed E-state index contributed by atoms with van der Waals surface area (Å²) in [6.45, 7) is 7.32. The van der Waals surface area contributed by atoms with Crippen molar-refractivity contribution in [2.45, 2.75) is 51.9 Å². The Balaban J connectivity index is 0.000000208. The van der Waals surface area contributed by atoms with Crippen LogP contribution in [0.5, 0.6) is 0 Å². The zero-order valence-corrected chi connectivity index (χ0v) is 32.6. The van der Waals surface area contributed by atoms with Crippen molar-refractivity contribution in [3.63, 3.8) is 0 Å². The molecule has 2 aliphatic heterocycles. The first-order chi connectivity index (χ1) is 25.3. The van der Waals surface area contributed by atoms with Gasteiger partial charge in [-0.1, -0.05) is 10.3 Å². The normalized spacial score (nSPS) is 18.3. The van der Waals surface area contributed by atoms with Crippen LogP contribution >= 0.6 is 22.7 Å². The summed E-state index contributed by atoms with van der Waals surface area (Å²) in [6.07, 6.45) is -5.06. The van der Waals surface area contributed by atoms with E-state index < -0.39 is 23.9 Å². The largest absolute Gasteiger partial charge is 0.452 e. The maximum absolute atomic E-state index is 12.9. The van der Waals surface area contributed by atoms with Crippen LogP contribution in [0.25, 0.3) is 21.1 Å². The molecule has 0 spiro atoms. The minimum atomic E-state index is -4.58. The quantitative estimate of drug-likeness (QED) is 0.164. The third kappa shape index (κ3) is 9.92. The molecule has 6 rings (SSSR count). The van der Waals surface area contributed by atoms with Crippen LogP contribution in [-0.4, -0.2) is 109 Å².